The number of methoxy groups -OCH3 is 1. The molecule has 0 aromatic heterocycles. The van der Waals surface area contributed by atoms with Gasteiger partial charge in [-0.1, -0.05) is 25.4 Å². The Bertz CT molecular complexity index is 377. The largest absolute Gasteiger partial charge is 0.495 e. The van der Waals surface area contributed by atoms with Crippen molar-refractivity contribution in [3.63, 3.8) is 0 Å². The number of rotatable bonds is 4. The molecule has 1 amide bonds. The molecule has 88 valence electrons. The lowest BCUT2D eigenvalue weighted by Crippen LogP contribution is -2.13. The molecule has 1 rings (SSSR count). The highest BCUT2D eigenvalue weighted by molar-refractivity contribution is 6.32. The Morgan fingerprint density at radius 3 is 2.69 bits per heavy atom. The summed E-state index contributed by atoms with van der Waals surface area (Å²) in [5.41, 5.74) is 0.691. The van der Waals surface area contributed by atoms with Crippen LogP contribution in [0.3, 0.4) is 0 Å². The SMILES string of the molecule is COc1ccc(NC(=O)CC(C)C)cc1Cl. The van der Waals surface area contributed by atoms with Crippen LogP contribution in [0.4, 0.5) is 5.69 Å². The van der Waals surface area contributed by atoms with Crippen LogP contribution in [0.25, 0.3) is 0 Å². The molecule has 4 heteroatoms. The molecule has 0 radical (unpaired) electrons. The molecule has 0 atom stereocenters. The van der Waals surface area contributed by atoms with Crippen LogP contribution in [-0.4, -0.2) is 13.0 Å². The number of halogens is 1. The third-order valence-electron chi connectivity index (χ3n) is 2.03. The Kier molecular flexibility index (Phi) is 4.62. The van der Waals surface area contributed by atoms with E-state index < -0.39 is 0 Å². The first-order valence-corrected chi connectivity index (χ1v) is 5.54. The molecule has 1 N–H and O–H groups in total. The van der Waals surface area contributed by atoms with Crippen molar-refractivity contribution in [2.75, 3.05) is 12.4 Å². The molecule has 0 saturated carbocycles. The van der Waals surface area contributed by atoms with Gasteiger partial charge < -0.3 is 10.1 Å². The zero-order valence-electron chi connectivity index (χ0n) is 9.71. The molecule has 0 aliphatic carbocycles. The van der Waals surface area contributed by atoms with Crippen LogP contribution < -0.4 is 10.1 Å². The lowest BCUT2D eigenvalue weighted by molar-refractivity contribution is -0.116. The van der Waals surface area contributed by atoms with Crippen LogP contribution >= 0.6 is 11.6 Å². The van der Waals surface area contributed by atoms with Crippen molar-refractivity contribution in [2.24, 2.45) is 5.92 Å². The number of anilines is 1. The van der Waals surface area contributed by atoms with Crippen molar-refractivity contribution in [1.82, 2.24) is 0 Å². The van der Waals surface area contributed by atoms with Crippen LogP contribution in [0.5, 0.6) is 5.75 Å². The van der Waals surface area contributed by atoms with Gasteiger partial charge >= 0.3 is 0 Å². The van der Waals surface area contributed by atoms with Crippen molar-refractivity contribution < 1.29 is 9.53 Å². The van der Waals surface area contributed by atoms with E-state index >= 15 is 0 Å². The molecule has 0 bridgehead atoms. The predicted octanol–water partition coefficient (Wildman–Crippen LogP) is 3.33. The predicted molar refractivity (Wildman–Crippen MR) is 66.1 cm³/mol. The van der Waals surface area contributed by atoms with Crippen molar-refractivity contribution in [3.8, 4) is 5.75 Å². The Hall–Kier alpha value is -1.22. The monoisotopic (exact) mass is 241 g/mol. The van der Waals surface area contributed by atoms with Gasteiger partial charge in [-0.15, -0.1) is 0 Å². The van der Waals surface area contributed by atoms with Gasteiger partial charge in [0.1, 0.15) is 5.75 Å². The third-order valence-corrected chi connectivity index (χ3v) is 2.32. The fourth-order valence-electron chi connectivity index (χ4n) is 1.33. The highest BCUT2D eigenvalue weighted by atomic mass is 35.5. The fraction of sp³-hybridized carbons (Fsp3) is 0.417. The van der Waals surface area contributed by atoms with Gasteiger partial charge in [-0.3, -0.25) is 4.79 Å². The van der Waals surface area contributed by atoms with Crippen LogP contribution in [-0.2, 0) is 4.79 Å². The number of hydrogen-bond donors (Lipinski definition) is 1. The number of benzene rings is 1. The Morgan fingerprint density at radius 1 is 1.50 bits per heavy atom. The van der Waals surface area contributed by atoms with E-state index in [1.54, 1.807) is 25.3 Å². The highest BCUT2D eigenvalue weighted by Crippen LogP contribution is 2.27. The molecule has 0 spiro atoms. The average Bonchev–Trinajstić information content (AvgIpc) is 2.16. The summed E-state index contributed by atoms with van der Waals surface area (Å²) in [4.78, 5) is 11.5. The number of amides is 1. The first-order chi connectivity index (χ1) is 7.52. The molecular weight excluding hydrogens is 226 g/mol. The quantitative estimate of drug-likeness (QED) is 0.878. The summed E-state index contributed by atoms with van der Waals surface area (Å²) in [6, 6.07) is 5.18. The van der Waals surface area contributed by atoms with E-state index in [4.69, 9.17) is 16.3 Å². The summed E-state index contributed by atoms with van der Waals surface area (Å²) in [5.74, 6) is 0.938. The van der Waals surface area contributed by atoms with E-state index in [-0.39, 0.29) is 5.91 Å². The average molecular weight is 242 g/mol. The highest BCUT2D eigenvalue weighted by Gasteiger charge is 2.07. The lowest BCUT2D eigenvalue weighted by Gasteiger charge is -2.09. The molecule has 0 saturated heterocycles. The summed E-state index contributed by atoms with van der Waals surface area (Å²) in [7, 11) is 1.55. The third kappa shape index (κ3) is 3.74. The zero-order chi connectivity index (χ0) is 12.1. The van der Waals surface area contributed by atoms with Crippen molar-refractivity contribution in [1.29, 1.82) is 0 Å². The number of nitrogens with one attached hydrogen (secondary N) is 1. The summed E-state index contributed by atoms with van der Waals surface area (Å²) >= 11 is 5.94. The first kappa shape index (κ1) is 12.8. The maximum atomic E-state index is 11.5. The molecular formula is C12H16ClNO2. The summed E-state index contributed by atoms with van der Waals surface area (Å²) < 4.78 is 5.02. The van der Waals surface area contributed by atoms with Crippen LogP contribution in [0.1, 0.15) is 20.3 Å². The summed E-state index contributed by atoms with van der Waals surface area (Å²) in [5, 5.41) is 3.28. The second-order valence-corrected chi connectivity index (χ2v) is 4.40. The number of carbonyl (C=O) groups is 1. The fourth-order valence-corrected chi connectivity index (χ4v) is 1.58. The Balaban J connectivity index is 2.68. The molecule has 1 aromatic carbocycles. The lowest BCUT2D eigenvalue weighted by atomic mass is 10.1. The second kappa shape index (κ2) is 5.75. The maximum absolute atomic E-state index is 11.5. The van der Waals surface area contributed by atoms with Crippen molar-refractivity contribution in [2.45, 2.75) is 20.3 Å². The van der Waals surface area contributed by atoms with Gasteiger partial charge in [-0.05, 0) is 24.1 Å². The van der Waals surface area contributed by atoms with Gasteiger partial charge in [0.05, 0.1) is 12.1 Å². The number of hydrogen-bond acceptors (Lipinski definition) is 2. The van der Waals surface area contributed by atoms with E-state index in [9.17, 15) is 4.79 Å². The second-order valence-electron chi connectivity index (χ2n) is 4.00. The molecule has 1 aromatic rings. The van der Waals surface area contributed by atoms with E-state index in [2.05, 4.69) is 5.32 Å². The van der Waals surface area contributed by atoms with E-state index in [0.717, 1.165) is 0 Å². The van der Waals surface area contributed by atoms with Gasteiger partial charge in [0.25, 0.3) is 0 Å². The molecule has 16 heavy (non-hydrogen) atoms. The van der Waals surface area contributed by atoms with Crippen molar-refractivity contribution in [3.05, 3.63) is 23.2 Å². The Morgan fingerprint density at radius 2 is 2.19 bits per heavy atom. The van der Waals surface area contributed by atoms with Gasteiger partial charge in [0.15, 0.2) is 0 Å². The van der Waals surface area contributed by atoms with E-state index in [1.165, 1.54) is 0 Å². The number of carbonyl (C=O) groups excluding carboxylic acids is 1. The minimum absolute atomic E-state index is 0.00349. The molecule has 0 fully saturated rings. The standard InChI is InChI=1S/C12H16ClNO2/c1-8(2)6-12(15)14-9-4-5-11(16-3)10(13)7-9/h4-5,7-8H,6H2,1-3H3,(H,14,15). The molecule has 0 aliphatic heterocycles. The smallest absolute Gasteiger partial charge is 0.224 e. The van der Waals surface area contributed by atoms with Gasteiger partial charge in [0.2, 0.25) is 5.91 Å². The van der Waals surface area contributed by atoms with Gasteiger partial charge in [0, 0.05) is 12.1 Å². The van der Waals surface area contributed by atoms with Crippen LogP contribution in [0.2, 0.25) is 5.02 Å². The summed E-state index contributed by atoms with van der Waals surface area (Å²) in [6.07, 6.45) is 0.504. The number of ether oxygens (including phenoxy) is 1. The molecule has 0 aliphatic rings. The zero-order valence-corrected chi connectivity index (χ0v) is 10.5. The topological polar surface area (TPSA) is 38.3 Å². The first-order valence-electron chi connectivity index (χ1n) is 5.16. The minimum Gasteiger partial charge on any atom is -0.495 e. The Labute approximate surface area is 101 Å². The molecule has 0 heterocycles. The van der Waals surface area contributed by atoms with E-state index in [0.29, 0.717) is 28.8 Å². The maximum Gasteiger partial charge on any atom is 0.224 e. The van der Waals surface area contributed by atoms with E-state index in [1.807, 2.05) is 13.8 Å². The minimum atomic E-state index is -0.00349. The normalized spacial score (nSPS) is 10.3. The van der Waals surface area contributed by atoms with Crippen LogP contribution in [0, 0.1) is 5.92 Å². The molecule has 0 unspecified atom stereocenters. The van der Waals surface area contributed by atoms with Crippen molar-refractivity contribution >= 4 is 23.2 Å². The van der Waals surface area contributed by atoms with Crippen LogP contribution in [0.15, 0.2) is 18.2 Å². The molecule has 3 nitrogen and oxygen atoms in total. The summed E-state index contributed by atoms with van der Waals surface area (Å²) in [6.45, 7) is 4.00. The van der Waals surface area contributed by atoms with Gasteiger partial charge in [-0.2, -0.15) is 0 Å². The van der Waals surface area contributed by atoms with Gasteiger partial charge in [-0.25, -0.2) is 0 Å².